The van der Waals surface area contributed by atoms with Gasteiger partial charge in [0.25, 0.3) is 0 Å². The van der Waals surface area contributed by atoms with Crippen molar-refractivity contribution in [1.82, 2.24) is 0 Å². The molecule has 0 rings (SSSR count). The predicted octanol–water partition coefficient (Wildman–Crippen LogP) is 0.678. The molecular formula is C11H14O6. The van der Waals surface area contributed by atoms with Crippen LogP contribution in [0.5, 0.6) is 0 Å². The number of rotatable bonds is 6. The van der Waals surface area contributed by atoms with Crippen LogP contribution in [0, 0.1) is 0 Å². The van der Waals surface area contributed by atoms with Gasteiger partial charge in [0, 0.05) is 11.1 Å². The molecule has 1 N–H and O–H groups in total. The van der Waals surface area contributed by atoms with E-state index in [-0.39, 0.29) is 11.1 Å². The Labute approximate surface area is 98.5 Å². The van der Waals surface area contributed by atoms with Crippen LogP contribution >= 0.6 is 0 Å². The van der Waals surface area contributed by atoms with E-state index in [0.717, 1.165) is 0 Å². The Bertz CT molecular complexity index is 368. The van der Waals surface area contributed by atoms with Gasteiger partial charge >= 0.3 is 17.9 Å². The molecule has 0 amide bonds. The first-order valence-electron chi connectivity index (χ1n) is 4.67. The minimum Gasteiger partial charge on any atom is -0.478 e. The minimum absolute atomic E-state index is 0.0578. The highest BCUT2D eigenvalue weighted by molar-refractivity contribution is 5.90. The number of hydrogen-bond donors (Lipinski definition) is 1. The summed E-state index contributed by atoms with van der Waals surface area (Å²) in [5.41, 5.74) is 0.183. The topological polar surface area (TPSA) is 89.9 Å². The summed E-state index contributed by atoms with van der Waals surface area (Å²) >= 11 is 0. The van der Waals surface area contributed by atoms with Crippen molar-refractivity contribution in [1.29, 1.82) is 0 Å². The van der Waals surface area contributed by atoms with Crippen LogP contribution in [0.4, 0.5) is 0 Å². The molecule has 0 aromatic rings. The van der Waals surface area contributed by atoms with Crippen molar-refractivity contribution in [3.05, 3.63) is 24.3 Å². The van der Waals surface area contributed by atoms with E-state index in [9.17, 15) is 14.4 Å². The summed E-state index contributed by atoms with van der Waals surface area (Å²) in [6.45, 7) is 8.85. The summed E-state index contributed by atoms with van der Waals surface area (Å²) in [6.07, 6.45) is -1.55. The molecule has 0 heterocycles. The predicted molar refractivity (Wildman–Crippen MR) is 58.1 cm³/mol. The molecule has 0 aliphatic carbocycles. The molecule has 6 heteroatoms. The zero-order valence-corrected chi connectivity index (χ0v) is 9.69. The van der Waals surface area contributed by atoms with Gasteiger partial charge in [-0.1, -0.05) is 13.2 Å². The van der Waals surface area contributed by atoms with Gasteiger partial charge in [0.05, 0.1) is 0 Å². The molecule has 0 aliphatic heterocycles. The maximum Gasteiger partial charge on any atom is 0.348 e. The fourth-order valence-corrected chi connectivity index (χ4v) is 0.660. The Morgan fingerprint density at radius 1 is 1.12 bits per heavy atom. The zero-order chi connectivity index (χ0) is 13.6. The zero-order valence-electron chi connectivity index (χ0n) is 9.69. The first kappa shape index (κ1) is 14.9. The minimum atomic E-state index is -1.55. The van der Waals surface area contributed by atoms with Crippen LogP contribution in [0.3, 0.4) is 0 Å². The number of carbonyl (C=O) groups is 3. The lowest BCUT2D eigenvalue weighted by atomic mass is 10.3. The van der Waals surface area contributed by atoms with Gasteiger partial charge in [0.1, 0.15) is 6.61 Å². The second kappa shape index (κ2) is 6.47. The van der Waals surface area contributed by atoms with Crippen molar-refractivity contribution in [3.8, 4) is 0 Å². The second-order valence-electron chi connectivity index (χ2n) is 3.39. The van der Waals surface area contributed by atoms with E-state index < -0.39 is 30.6 Å². The fraction of sp³-hybridized carbons (Fsp3) is 0.364. The molecule has 0 spiro atoms. The van der Waals surface area contributed by atoms with Crippen LogP contribution in [0.2, 0.25) is 0 Å². The molecule has 94 valence electrons. The Kier molecular flexibility index (Phi) is 5.66. The molecular weight excluding hydrogens is 228 g/mol. The van der Waals surface area contributed by atoms with Crippen LogP contribution in [-0.2, 0) is 23.9 Å². The van der Waals surface area contributed by atoms with Gasteiger partial charge in [-0.05, 0) is 13.8 Å². The molecule has 0 saturated carbocycles. The number of aliphatic carboxylic acids is 1. The van der Waals surface area contributed by atoms with Crippen molar-refractivity contribution in [2.24, 2.45) is 0 Å². The standard InChI is InChI=1S/C11H14O6/c1-6(2)10(14)16-5-8(9(12)13)17-11(15)7(3)4/h8H,1,3,5H2,2,4H3,(H,12,13). The highest BCUT2D eigenvalue weighted by atomic mass is 16.6. The monoisotopic (exact) mass is 242 g/mol. The third-order valence-corrected chi connectivity index (χ3v) is 1.59. The molecule has 1 atom stereocenters. The van der Waals surface area contributed by atoms with Crippen molar-refractivity contribution < 1.29 is 29.0 Å². The van der Waals surface area contributed by atoms with Gasteiger partial charge in [-0.15, -0.1) is 0 Å². The van der Waals surface area contributed by atoms with E-state index in [0.29, 0.717) is 0 Å². The molecule has 0 saturated heterocycles. The second-order valence-corrected chi connectivity index (χ2v) is 3.39. The van der Waals surface area contributed by atoms with Gasteiger partial charge in [0.15, 0.2) is 0 Å². The quantitative estimate of drug-likeness (QED) is 0.544. The van der Waals surface area contributed by atoms with E-state index in [4.69, 9.17) is 5.11 Å². The lowest BCUT2D eigenvalue weighted by Crippen LogP contribution is -2.32. The van der Waals surface area contributed by atoms with E-state index >= 15 is 0 Å². The highest BCUT2D eigenvalue weighted by Crippen LogP contribution is 2.02. The van der Waals surface area contributed by atoms with E-state index in [1.807, 2.05) is 0 Å². The number of esters is 2. The first-order chi connectivity index (χ1) is 7.75. The van der Waals surface area contributed by atoms with Crippen LogP contribution < -0.4 is 0 Å². The van der Waals surface area contributed by atoms with Gasteiger partial charge in [-0.3, -0.25) is 0 Å². The summed E-state index contributed by atoms with van der Waals surface area (Å²) in [5.74, 6) is -3.01. The van der Waals surface area contributed by atoms with Gasteiger partial charge < -0.3 is 14.6 Å². The lowest BCUT2D eigenvalue weighted by Gasteiger charge is -2.13. The Hall–Kier alpha value is -2.11. The molecule has 0 aromatic carbocycles. The summed E-state index contributed by atoms with van der Waals surface area (Å²) < 4.78 is 9.14. The van der Waals surface area contributed by atoms with E-state index in [1.54, 1.807) is 0 Å². The maximum absolute atomic E-state index is 11.1. The number of hydrogen-bond acceptors (Lipinski definition) is 5. The van der Waals surface area contributed by atoms with Crippen molar-refractivity contribution in [3.63, 3.8) is 0 Å². The molecule has 0 aliphatic rings. The van der Waals surface area contributed by atoms with Crippen LogP contribution in [0.25, 0.3) is 0 Å². The van der Waals surface area contributed by atoms with Crippen molar-refractivity contribution >= 4 is 17.9 Å². The normalized spacial score (nSPS) is 11.2. The van der Waals surface area contributed by atoms with Crippen molar-refractivity contribution in [2.75, 3.05) is 6.61 Å². The SMILES string of the molecule is C=C(C)C(=O)OCC(OC(=O)C(=C)C)C(=O)O. The average Bonchev–Trinajstić information content (AvgIpc) is 2.22. The smallest absolute Gasteiger partial charge is 0.348 e. The number of carboxylic acids is 1. The van der Waals surface area contributed by atoms with Crippen molar-refractivity contribution in [2.45, 2.75) is 20.0 Å². The number of carbonyl (C=O) groups excluding carboxylic acids is 2. The Morgan fingerprint density at radius 2 is 1.59 bits per heavy atom. The van der Waals surface area contributed by atoms with Crippen LogP contribution in [0.15, 0.2) is 24.3 Å². The lowest BCUT2D eigenvalue weighted by molar-refractivity contribution is -0.167. The van der Waals surface area contributed by atoms with E-state index in [2.05, 4.69) is 22.6 Å². The van der Waals surface area contributed by atoms with E-state index in [1.165, 1.54) is 13.8 Å². The Morgan fingerprint density at radius 3 is 1.94 bits per heavy atom. The third kappa shape index (κ3) is 5.50. The fourth-order valence-electron chi connectivity index (χ4n) is 0.660. The number of ether oxygens (including phenoxy) is 2. The van der Waals surface area contributed by atoms with Gasteiger partial charge in [-0.25, -0.2) is 14.4 Å². The maximum atomic E-state index is 11.1. The molecule has 17 heavy (non-hydrogen) atoms. The largest absolute Gasteiger partial charge is 0.478 e. The van der Waals surface area contributed by atoms with Gasteiger partial charge in [-0.2, -0.15) is 0 Å². The average molecular weight is 242 g/mol. The van der Waals surface area contributed by atoms with Crippen LogP contribution in [-0.4, -0.2) is 35.7 Å². The highest BCUT2D eigenvalue weighted by Gasteiger charge is 2.24. The third-order valence-electron chi connectivity index (χ3n) is 1.59. The summed E-state index contributed by atoms with van der Waals surface area (Å²) in [4.78, 5) is 32.8. The van der Waals surface area contributed by atoms with Crippen LogP contribution in [0.1, 0.15) is 13.8 Å². The molecule has 0 fully saturated rings. The summed E-state index contributed by atoms with van der Waals surface area (Å²) in [7, 11) is 0. The molecule has 0 aromatic heterocycles. The molecule has 1 unspecified atom stereocenters. The first-order valence-corrected chi connectivity index (χ1v) is 4.67. The molecule has 0 bridgehead atoms. The van der Waals surface area contributed by atoms with Gasteiger partial charge in [0.2, 0.25) is 6.10 Å². The summed E-state index contributed by atoms with van der Waals surface area (Å²) in [6, 6.07) is 0. The molecule has 6 nitrogen and oxygen atoms in total. The number of carboxylic acid groups (broad SMARTS) is 1. The molecule has 0 radical (unpaired) electrons. The Balaban J connectivity index is 4.41. The summed E-state index contributed by atoms with van der Waals surface area (Å²) in [5, 5.41) is 8.73.